The summed E-state index contributed by atoms with van der Waals surface area (Å²) in [5.74, 6) is 0.0154. The molecule has 1 aliphatic carbocycles. The predicted octanol–water partition coefficient (Wildman–Crippen LogP) is 2.96. The third-order valence-electron chi connectivity index (χ3n) is 10.2. The van der Waals surface area contributed by atoms with Gasteiger partial charge in [-0.3, -0.25) is 18.2 Å². The molecule has 0 spiro atoms. The van der Waals surface area contributed by atoms with Crippen molar-refractivity contribution in [2.45, 2.75) is 45.3 Å². The Morgan fingerprint density at radius 1 is 0.281 bits per heavy atom. The molecule has 0 atom stereocenters. The summed E-state index contributed by atoms with van der Waals surface area (Å²) in [6.07, 6.45) is -1.65. The van der Waals surface area contributed by atoms with E-state index in [1.807, 2.05) is 0 Å². The van der Waals surface area contributed by atoms with Gasteiger partial charge >= 0.3 is 0 Å². The fourth-order valence-corrected chi connectivity index (χ4v) is 9.88. The minimum absolute atomic E-state index is 0.00190. The van der Waals surface area contributed by atoms with Gasteiger partial charge in [0.2, 0.25) is 0 Å². The first-order chi connectivity index (χ1) is 30.3. The van der Waals surface area contributed by atoms with Crippen LogP contribution in [0.3, 0.4) is 0 Å². The van der Waals surface area contributed by atoms with Crippen molar-refractivity contribution in [1.82, 2.24) is 0 Å². The topological polar surface area (TPSA) is 291 Å². The summed E-state index contributed by atoms with van der Waals surface area (Å²) in [4.78, 5) is -2.53. The van der Waals surface area contributed by atoms with Crippen LogP contribution < -0.4 is 18.9 Å². The molecule has 2 aliphatic heterocycles. The van der Waals surface area contributed by atoms with E-state index in [2.05, 4.69) is 0 Å². The van der Waals surface area contributed by atoms with Crippen LogP contribution in [0.2, 0.25) is 0 Å². The van der Waals surface area contributed by atoms with Crippen molar-refractivity contribution in [1.29, 1.82) is 0 Å². The van der Waals surface area contributed by atoms with Crippen LogP contribution in [0.15, 0.2) is 68.1 Å². The van der Waals surface area contributed by atoms with Crippen molar-refractivity contribution < 1.29 is 89.8 Å². The number of hydrogen-bond acceptors (Lipinski definition) is 16. The molecule has 3 aliphatic rings. The van der Waals surface area contributed by atoms with Crippen LogP contribution in [0.4, 0.5) is 0 Å². The molecule has 0 fully saturated rings. The van der Waals surface area contributed by atoms with E-state index in [1.54, 1.807) is 0 Å². The standard InChI is InChI=1S/C40H44O20S4/c41-61(42,43)33-17-25-13-26-18-34(62(44,45)46)22-30-16-32-24-36(64(50,51)52)20-28-14-27-19-35(63(47,48)49)23-31(39(27)59-11-7-55-3-4-56-8-12-60-40(28)32)15-29(21-33)37(25)57-9-5-53-1-2-54-6-10-58-38(26)30/h17-24H,1-16H2,(H,41,42,43)(H,44,45,46)(H,47,48,49)(H,50,51,52). The number of ether oxygens (including phenoxy) is 8. The first-order valence-electron chi connectivity index (χ1n) is 19.6. The molecule has 0 aromatic heterocycles. The van der Waals surface area contributed by atoms with Crippen molar-refractivity contribution in [2.75, 3.05) is 79.3 Å². The lowest BCUT2D eigenvalue weighted by Gasteiger charge is -2.24. The van der Waals surface area contributed by atoms with Crippen LogP contribution in [0.5, 0.6) is 23.0 Å². The fourth-order valence-electron chi connectivity index (χ4n) is 7.55. The third-order valence-corrected chi connectivity index (χ3v) is 13.5. The second-order valence-corrected chi connectivity index (χ2v) is 20.4. The summed E-state index contributed by atoms with van der Waals surface area (Å²) in [7, 11) is -20.0. The Labute approximate surface area is 369 Å². The molecule has 20 nitrogen and oxygen atoms in total. The van der Waals surface area contributed by atoms with Gasteiger partial charge in [-0.15, -0.1) is 0 Å². The molecule has 24 heteroatoms. The largest absolute Gasteiger partial charge is 0.491 e. The molecule has 4 aromatic carbocycles. The molecule has 348 valence electrons. The van der Waals surface area contributed by atoms with Gasteiger partial charge in [0.25, 0.3) is 40.5 Å². The van der Waals surface area contributed by atoms with Crippen molar-refractivity contribution in [2.24, 2.45) is 0 Å². The minimum atomic E-state index is -5.01. The number of hydrogen-bond donors (Lipinski definition) is 4. The number of benzene rings is 4. The van der Waals surface area contributed by atoms with Crippen molar-refractivity contribution in [3.05, 3.63) is 93.0 Å². The molecule has 2 heterocycles. The summed E-state index contributed by atoms with van der Waals surface area (Å²) >= 11 is 0. The van der Waals surface area contributed by atoms with Gasteiger partial charge in [-0.05, 0) is 48.5 Å². The van der Waals surface area contributed by atoms with E-state index < -0.39 is 85.7 Å². The first kappa shape index (κ1) is 47.5. The monoisotopic (exact) mass is 972 g/mol. The SMILES string of the molecule is O=S(=O)(O)c1cc2c3c(c1)Cc1cc(S(=O)(=O)O)cc4c1OCCOCCOCCOc1c(cc(S(=O)(=O)O)cc1Cc1cc(S(=O)(=O)O)cc(c1OCCOCCOCCO3)C2)C4. The molecule has 7 rings (SSSR count). The maximum absolute atomic E-state index is 13.0. The van der Waals surface area contributed by atoms with Gasteiger partial charge in [0.15, 0.2) is 0 Å². The van der Waals surface area contributed by atoms with Gasteiger partial charge in [-0.1, -0.05) is 0 Å². The lowest BCUT2D eigenvalue weighted by molar-refractivity contribution is 0.0270. The van der Waals surface area contributed by atoms with Gasteiger partial charge in [0, 0.05) is 70.2 Å². The van der Waals surface area contributed by atoms with Crippen LogP contribution in [-0.2, 0) is 85.1 Å². The molecule has 0 radical (unpaired) electrons. The van der Waals surface area contributed by atoms with E-state index >= 15 is 0 Å². The maximum atomic E-state index is 13.0. The van der Waals surface area contributed by atoms with Gasteiger partial charge < -0.3 is 37.9 Å². The zero-order chi connectivity index (χ0) is 45.9. The molecule has 4 N–H and O–H groups in total. The summed E-state index contributed by atoms with van der Waals surface area (Å²) in [5.41, 5.74) is 0.250. The molecule has 0 saturated carbocycles. The summed E-state index contributed by atoms with van der Waals surface area (Å²) in [5, 5.41) is 0. The Hall–Kier alpha value is -4.44. The van der Waals surface area contributed by atoms with E-state index in [-0.39, 0.29) is 147 Å². The molecule has 0 unspecified atom stereocenters. The van der Waals surface area contributed by atoms with Crippen LogP contribution in [0.1, 0.15) is 44.5 Å². The Bertz CT molecular complexity index is 2480. The zero-order valence-electron chi connectivity index (χ0n) is 33.9. The Morgan fingerprint density at radius 2 is 0.438 bits per heavy atom. The Morgan fingerprint density at radius 3 is 0.594 bits per heavy atom. The summed E-state index contributed by atoms with van der Waals surface area (Å²) < 4.78 is 194. The van der Waals surface area contributed by atoms with Gasteiger partial charge in [0.1, 0.15) is 49.4 Å². The fraction of sp³-hybridized carbons (Fsp3) is 0.400. The molecule has 0 amide bonds. The lowest BCUT2D eigenvalue weighted by Crippen LogP contribution is -2.15. The van der Waals surface area contributed by atoms with E-state index in [0.29, 0.717) is 0 Å². The molecule has 0 saturated heterocycles. The summed E-state index contributed by atoms with van der Waals surface area (Å²) in [6, 6.07) is 8.73. The first-order valence-corrected chi connectivity index (χ1v) is 25.4. The third kappa shape index (κ3) is 11.7. The molecule has 4 aromatic rings. The van der Waals surface area contributed by atoms with E-state index in [9.17, 15) is 51.9 Å². The Kier molecular flexibility index (Phi) is 14.5. The average molecular weight is 973 g/mol. The predicted molar refractivity (Wildman–Crippen MR) is 222 cm³/mol. The zero-order valence-corrected chi connectivity index (χ0v) is 37.2. The highest BCUT2D eigenvalue weighted by molar-refractivity contribution is 7.86. The van der Waals surface area contributed by atoms with E-state index in [1.165, 1.54) is 0 Å². The minimum Gasteiger partial charge on any atom is -0.491 e. The molecule has 64 heavy (non-hydrogen) atoms. The highest BCUT2D eigenvalue weighted by atomic mass is 32.2. The smallest absolute Gasteiger partial charge is 0.294 e. The van der Waals surface area contributed by atoms with Crippen LogP contribution in [0.25, 0.3) is 0 Å². The molecular formula is C40H44O20S4. The van der Waals surface area contributed by atoms with Crippen LogP contribution in [0, 0.1) is 0 Å². The molecule has 12 bridgehead atoms. The summed E-state index contributed by atoms with van der Waals surface area (Å²) in [6.45, 7) is -0.0507. The van der Waals surface area contributed by atoms with Gasteiger partial charge in [-0.2, -0.15) is 33.7 Å². The van der Waals surface area contributed by atoms with E-state index in [0.717, 1.165) is 48.5 Å². The quantitative estimate of drug-likeness (QED) is 0.188. The van der Waals surface area contributed by atoms with Crippen molar-refractivity contribution in [3.8, 4) is 23.0 Å². The second-order valence-electron chi connectivity index (χ2n) is 14.7. The van der Waals surface area contributed by atoms with Gasteiger partial charge in [-0.25, -0.2) is 0 Å². The highest BCUT2D eigenvalue weighted by Gasteiger charge is 2.29. The van der Waals surface area contributed by atoms with Crippen LogP contribution >= 0.6 is 0 Å². The average Bonchev–Trinajstić information content (AvgIpc) is 3.20. The normalized spacial score (nSPS) is 17.4. The second kappa shape index (κ2) is 19.6. The Balaban J connectivity index is 1.64. The van der Waals surface area contributed by atoms with Gasteiger partial charge in [0.05, 0.1) is 72.4 Å². The van der Waals surface area contributed by atoms with Crippen molar-refractivity contribution in [3.63, 3.8) is 0 Å². The van der Waals surface area contributed by atoms with E-state index in [4.69, 9.17) is 37.9 Å². The molecular weight excluding hydrogens is 929 g/mol. The lowest BCUT2D eigenvalue weighted by atomic mass is 9.91. The van der Waals surface area contributed by atoms with Crippen molar-refractivity contribution >= 4 is 40.5 Å². The van der Waals surface area contributed by atoms with Crippen LogP contribution in [-0.4, -0.2) is 131 Å². The highest BCUT2D eigenvalue weighted by Crippen LogP contribution is 2.42. The number of rotatable bonds is 4. The maximum Gasteiger partial charge on any atom is 0.294 e.